The first-order chi connectivity index (χ1) is 10.1. The first-order valence-corrected chi connectivity index (χ1v) is 7.91. The minimum absolute atomic E-state index is 0.135. The maximum atomic E-state index is 10.9. The number of rotatable bonds is 3. The molecule has 0 saturated carbocycles. The average molecular weight is 310 g/mol. The molecule has 5 nitrogen and oxygen atoms in total. The molecule has 3 heterocycles. The predicted octanol–water partition coefficient (Wildman–Crippen LogP) is 2.50. The Morgan fingerprint density at radius 3 is 2.71 bits per heavy atom. The van der Waals surface area contributed by atoms with E-state index in [2.05, 4.69) is 14.8 Å². The maximum Gasteiger partial charge on any atom is 0.337 e. The lowest BCUT2D eigenvalue weighted by molar-refractivity contribution is 0.0696. The first-order valence-electron chi connectivity index (χ1n) is 7.53. The number of hydrogen-bond acceptors (Lipinski definition) is 4. The summed E-state index contributed by atoms with van der Waals surface area (Å²) in [5, 5.41) is 9.38. The van der Waals surface area contributed by atoms with Crippen LogP contribution in [-0.4, -0.2) is 53.2 Å². The van der Waals surface area contributed by atoms with Gasteiger partial charge in [0.1, 0.15) is 5.82 Å². The average Bonchev–Trinajstić information content (AvgIpc) is 2.97. The summed E-state index contributed by atoms with van der Waals surface area (Å²) in [5.74, 6) is -0.287. The molecule has 6 heteroatoms. The third kappa shape index (κ3) is 3.14. The van der Waals surface area contributed by atoms with Gasteiger partial charge in [-0.05, 0) is 38.4 Å². The highest BCUT2D eigenvalue weighted by Gasteiger charge is 2.30. The number of carbonyl (C=O) groups is 1. The Kier molecular flexibility index (Phi) is 4.31. The molecule has 114 valence electrons. The Morgan fingerprint density at radius 2 is 2.05 bits per heavy atom. The van der Waals surface area contributed by atoms with Crippen molar-refractivity contribution in [3.63, 3.8) is 0 Å². The van der Waals surface area contributed by atoms with Crippen molar-refractivity contribution in [2.75, 3.05) is 31.1 Å². The summed E-state index contributed by atoms with van der Waals surface area (Å²) in [7, 11) is 0. The van der Waals surface area contributed by atoms with Gasteiger partial charge >= 0.3 is 5.97 Å². The highest BCUT2D eigenvalue weighted by molar-refractivity contribution is 6.33. The van der Waals surface area contributed by atoms with Gasteiger partial charge in [0.05, 0.1) is 10.6 Å². The summed E-state index contributed by atoms with van der Waals surface area (Å²) in [5.41, 5.74) is 0.135. The van der Waals surface area contributed by atoms with Crippen molar-refractivity contribution in [2.24, 2.45) is 0 Å². The third-order valence-corrected chi connectivity index (χ3v) is 4.72. The van der Waals surface area contributed by atoms with Crippen LogP contribution in [0.1, 0.15) is 36.0 Å². The van der Waals surface area contributed by atoms with Gasteiger partial charge in [0.15, 0.2) is 0 Å². The Bertz CT molecular complexity index is 532. The Hall–Kier alpha value is -1.33. The van der Waals surface area contributed by atoms with Crippen molar-refractivity contribution in [3.8, 4) is 0 Å². The molecular formula is C15H20ClN3O2. The molecule has 2 fully saturated rings. The number of nitrogens with zero attached hydrogens (tertiary/aromatic N) is 3. The molecule has 0 aliphatic carbocycles. The third-order valence-electron chi connectivity index (χ3n) is 4.44. The number of pyridine rings is 1. The topological polar surface area (TPSA) is 56.7 Å². The maximum absolute atomic E-state index is 10.9. The first kappa shape index (κ1) is 14.6. The van der Waals surface area contributed by atoms with Gasteiger partial charge in [-0.3, -0.25) is 4.90 Å². The van der Waals surface area contributed by atoms with Crippen LogP contribution in [-0.2, 0) is 0 Å². The van der Waals surface area contributed by atoms with Crippen molar-refractivity contribution < 1.29 is 9.90 Å². The van der Waals surface area contributed by atoms with Gasteiger partial charge in [-0.2, -0.15) is 0 Å². The van der Waals surface area contributed by atoms with Gasteiger partial charge < -0.3 is 10.0 Å². The molecule has 1 aromatic heterocycles. The van der Waals surface area contributed by atoms with Crippen LogP contribution in [0.2, 0.25) is 5.02 Å². The van der Waals surface area contributed by atoms with E-state index < -0.39 is 5.97 Å². The molecule has 0 radical (unpaired) electrons. The molecule has 0 spiro atoms. The van der Waals surface area contributed by atoms with E-state index in [0.717, 1.165) is 19.5 Å². The zero-order valence-electron chi connectivity index (χ0n) is 12.0. The van der Waals surface area contributed by atoms with Crippen LogP contribution in [0.3, 0.4) is 0 Å². The van der Waals surface area contributed by atoms with Crippen LogP contribution in [0.4, 0.5) is 5.82 Å². The number of carboxylic acid groups (broad SMARTS) is 1. The second-order valence-corrected chi connectivity index (χ2v) is 6.23. The lowest BCUT2D eigenvalue weighted by Crippen LogP contribution is -2.41. The molecule has 21 heavy (non-hydrogen) atoms. The minimum Gasteiger partial charge on any atom is -0.478 e. The van der Waals surface area contributed by atoms with Crippen LogP contribution in [0.5, 0.6) is 0 Å². The summed E-state index contributed by atoms with van der Waals surface area (Å²) in [6, 6.07) is 2.06. The van der Waals surface area contributed by atoms with Crippen LogP contribution in [0.25, 0.3) is 0 Å². The lowest BCUT2D eigenvalue weighted by atomic mass is 10.1. The van der Waals surface area contributed by atoms with Crippen molar-refractivity contribution in [1.29, 1.82) is 0 Å². The van der Waals surface area contributed by atoms with Crippen molar-refractivity contribution >= 4 is 23.4 Å². The number of halogens is 1. The fourth-order valence-corrected chi connectivity index (χ4v) is 3.58. The van der Waals surface area contributed by atoms with Gasteiger partial charge in [-0.15, -0.1) is 0 Å². The smallest absolute Gasteiger partial charge is 0.337 e. The fraction of sp³-hybridized carbons (Fsp3) is 0.600. The summed E-state index contributed by atoms with van der Waals surface area (Å²) in [6.45, 7) is 4.24. The van der Waals surface area contributed by atoms with Crippen LogP contribution in [0.15, 0.2) is 12.3 Å². The molecule has 2 aliphatic rings. The van der Waals surface area contributed by atoms with Gasteiger partial charge in [0, 0.05) is 25.3 Å². The van der Waals surface area contributed by atoms with Crippen molar-refractivity contribution in [3.05, 3.63) is 22.8 Å². The minimum atomic E-state index is -0.997. The highest BCUT2D eigenvalue weighted by atomic mass is 35.5. The SMILES string of the molecule is O=C(O)c1cnc(N2CCC(N3CCCCC3)C2)c(Cl)c1. The van der Waals surface area contributed by atoms with E-state index in [1.165, 1.54) is 44.6 Å². The molecule has 0 aromatic carbocycles. The molecular weight excluding hydrogens is 290 g/mol. The summed E-state index contributed by atoms with van der Waals surface area (Å²) in [6.07, 6.45) is 6.44. The van der Waals surface area contributed by atoms with Gasteiger partial charge in [-0.1, -0.05) is 18.0 Å². The van der Waals surface area contributed by atoms with E-state index in [0.29, 0.717) is 16.9 Å². The van der Waals surface area contributed by atoms with E-state index in [1.807, 2.05) is 0 Å². The predicted molar refractivity (Wildman–Crippen MR) is 82.2 cm³/mol. The van der Waals surface area contributed by atoms with E-state index in [9.17, 15) is 4.79 Å². The number of hydrogen-bond donors (Lipinski definition) is 1. The fourth-order valence-electron chi connectivity index (χ4n) is 3.30. The van der Waals surface area contributed by atoms with E-state index >= 15 is 0 Å². The van der Waals surface area contributed by atoms with E-state index in [-0.39, 0.29) is 5.56 Å². The van der Waals surface area contributed by atoms with Gasteiger partial charge in [0.2, 0.25) is 0 Å². The molecule has 0 bridgehead atoms. The molecule has 1 aromatic rings. The Labute approximate surface area is 129 Å². The van der Waals surface area contributed by atoms with Gasteiger partial charge in [0.25, 0.3) is 0 Å². The zero-order chi connectivity index (χ0) is 14.8. The molecule has 1 N–H and O–H groups in total. The highest BCUT2D eigenvalue weighted by Crippen LogP contribution is 2.29. The standard InChI is InChI=1S/C15H20ClN3O2/c16-13-8-11(15(20)21)9-17-14(13)19-7-4-12(10-19)18-5-2-1-3-6-18/h8-9,12H,1-7,10H2,(H,20,21). The normalized spacial score (nSPS) is 23.5. The van der Waals surface area contributed by atoms with Gasteiger partial charge in [-0.25, -0.2) is 9.78 Å². The van der Waals surface area contributed by atoms with Crippen LogP contribution in [0, 0.1) is 0 Å². The number of anilines is 1. The van der Waals surface area contributed by atoms with Crippen LogP contribution < -0.4 is 4.90 Å². The summed E-state index contributed by atoms with van der Waals surface area (Å²) >= 11 is 6.21. The molecule has 3 rings (SSSR count). The Morgan fingerprint density at radius 1 is 1.29 bits per heavy atom. The quantitative estimate of drug-likeness (QED) is 0.929. The molecule has 2 aliphatic heterocycles. The molecule has 1 atom stereocenters. The number of likely N-dealkylation sites (tertiary alicyclic amines) is 1. The summed E-state index contributed by atoms with van der Waals surface area (Å²) in [4.78, 5) is 19.9. The van der Waals surface area contributed by atoms with Crippen molar-refractivity contribution in [1.82, 2.24) is 9.88 Å². The lowest BCUT2D eigenvalue weighted by Gasteiger charge is -2.32. The molecule has 1 unspecified atom stereocenters. The number of carboxylic acids is 1. The summed E-state index contributed by atoms with van der Waals surface area (Å²) < 4.78 is 0. The second kappa shape index (κ2) is 6.20. The number of piperidine rings is 1. The van der Waals surface area contributed by atoms with E-state index in [1.54, 1.807) is 0 Å². The van der Waals surface area contributed by atoms with E-state index in [4.69, 9.17) is 16.7 Å². The Balaban J connectivity index is 1.69. The molecule has 2 saturated heterocycles. The monoisotopic (exact) mass is 309 g/mol. The van der Waals surface area contributed by atoms with Crippen LogP contribution >= 0.6 is 11.6 Å². The zero-order valence-corrected chi connectivity index (χ0v) is 12.7. The number of aromatic nitrogens is 1. The number of aromatic carboxylic acids is 1. The van der Waals surface area contributed by atoms with Crippen molar-refractivity contribution in [2.45, 2.75) is 31.7 Å². The second-order valence-electron chi connectivity index (χ2n) is 5.82. The largest absolute Gasteiger partial charge is 0.478 e. The molecule has 0 amide bonds.